The second-order valence-electron chi connectivity index (χ2n) is 4.73. The molecule has 6 N–H and O–H groups in total. The van der Waals surface area contributed by atoms with E-state index in [2.05, 4.69) is 0 Å². The van der Waals surface area contributed by atoms with Crippen LogP contribution >= 0.6 is 0 Å². The zero-order valence-electron chi connectivity index (χ0n) is 14.5. The Morgan fingerprint density at radius 1 is 0.741 bits per heavy atom. The fraction of sp³-hybridized carbons (Fsp3) is 0. The van der Waals surface area contributed by atoms with Gasteiger partial charge in [0.2, 0.25) is 0 Å². The van der Waals surface area contributed by atoms with Crippen LogP contribution in [0.25, 0.3) is 11.4 Å². The molecule has 27 heavy (non-hydrogen) atoms. The van der Waals surface area contributed by atoms with Gasteiger partial charge in [-0.15, -0.1) is 0 Å². The van der Waals surface area contributed by atoms with E-state index in [0.29, 0.717) is 5.56 Å². The number of nitrogens with two attached hydrogens (primary N) is 2. The van der Waals surface area contributed by atoms with E-state index in [1.165, 1.54) is 0 Å². The predicted octanol–water partition coefficient (Wildman–Crippen LogP) is -6.58. The molecule has 0 fully saturated rings. The fourth-order valence-corrected chi connectivity index (χ4v) is 4.06. The van der Waals surface area contributed by atoms with E-state index in [9.17, 15) is 25.9 Å². The largest absolute Gasteiger partial charge is 1.00 e. The third kappa shape index (κ3) is 6.84. The van der Waals surface area contributed by atoms with Gasteiger partial charge in [-0.1, -0.05) is 42.5 Å². The maximum absolute atomic E-state index is 11.5. The van der Waals surface area contributed by atoms with Crippen LogP contribution in [0.3, 0.4) is 0 Å². The zero-order valence-corrected chi connectivity index (χ0v) is 20.2. The van der Waals surface area contributed by atoms with Gasteiger partial charge in [0.15, 0.2) is 0 Å². The smallest absolute Gasteiger partial charge is 0.744 e. The Labute approximate surface area is 201 Å². The maximum Gasteiger partial charge on any atom is 1.00 e. The molecular weight excluding hydrogens is 418 g/mol. The first kappa shape index (κ1) is 28.8. The van der Waals surface area contributed by atoms with E-state index < -0.39 is 35.6 Å². The second-order valence-corrected chi connectivity index (χ2v) is 7.40. The first-order chi connectivity index (χ1) is 11.0. The summed E-state index contributed by atoms with van der Waals surface area (Å²) in [6.45, 7) is 0. The molecule has 13 heteroatoms. The van der Waals surface area contributed by atoms with E-state index in [1.54, 1.807) is 30.3 Å². The van der Waals surface area contributed by atoms with Crippen molar-refractivity contribution >= 4 is 31.6 Å². The monoisotopic (exact) mass is 432 g/mol. The summed E-state index contributed by atoms with van der Waals surface area (Å²) in [5.41, 5.74) is 11.3. The van der Waals surface area contributed by atoms with E-state index >= 15 is 0 Å². The second kappa shape index (κ2) is 10.9. The van der Waals surface area contributed by atoms with Gasteiger partial charge in [0.25, 0.3) is 0 Å². The molecule has 0 bridgehead atoms. The summed E-state index contributed by atoms with van der Waals surface area (Å²) in [4.78, 5) is -2.38. The zero-order chi connectivity index (χ0) is 18.1. The Balaban J connectivity index is 0. The summed E-state index contributed by atoms with van der Waals surface area (Å²) in [7, 11) is -10.5. The molecule has 0 atom stereocenters. The summed E-state index contributed by atoms with van der Waals surface area (Å²) >= 11 is 0. The SMILES string of the molecule is NC(=C(N)c1cccc(S(=O)(=O)[O-])c1S(=O)(=O)[O-])c1ccccc1.O.[Na+].[Na+]. The third-order valence-corrected chi connectivity index (χ3v) is 5.11. The van der Waals surface area contributed by atoms with Crippen LogP contribution in [0.2, 0.25) is 0 Å². The number of rotatable bonds is 4. The van der Waals surface area contributed by atoms with Gasteiger partial charge in [-0.3, -0.25) is 0 Å². The number of hydrogen-bond acceptors (Lipinski definition) is 8. The molecule has 9 nitrogen and oxygen atoms in total. The van der Waals surface area contributed by atoms with Crippen LogP contribution in [0.1, 0.15) is 11.1 Å². The van der Waals surface area contributed by atoms with Crippen LogP contribution < -0.4 is 70.6 Å². The minimum Gasteiger partial charge on any atom is -0.744 e. The minimum absolute atomic E-state index is 0. The van der Waals surface area contributed by atoms with Gasteiger partial charge < -0.3 is 26.0 Å². The average molecular weight is 432 g/mol. The van der Waals surface area contributed by atoms with E-state index in [0.717, 1.165) is 18.2 Å². The van der Waals surface area contributed by atoms with Gasteiger partial charge in [0, 0.05) is 5.56 Å². The molecule has 0 saturated carbocycles. The normalized spacial score (nSPS) is 11.9. The molecule has 2 aromatic carbocycles. The fourth-order valence-electron chi connectivity index (χ4n) is 2.10. The maximum atomic E-state index is 11.5. The Morgan fingerprint density at radius 3 is 1.70 bits per heavy atom. The summed E-state index contributed by atoms with van der Waals surface area (Å²) in [5.74, 6) is 0. The predicted molar refractivity (Wildman–Crippen MR) is 87.6 cm³/mol. The standard InChI is InChI=1S/C14H14N2O6S2.2Na.H2O/c15-12(9-5-2-1-3-6-9)13(16)10-7-4-8-11(23(17,18)19)14(10)24(20,21)22;;;/h1-8H,15-16H2,(H,17,18,19)(H,20,21,22);;;1H2/q;2*+1;/p-2. The van der Waals surface area contributed by atoms with Crippen molar-refractivity contribution in [3.63, 3.8) is 0 Å². The van der Waals surface area contributed by atoms with Crippen LogP contribution in [-0.2, 0) is 20.2 Å². The molecule has 0 aliphatic rings. The molecule has 0 radical (unpaired) electrons. The molecule has 0 saturated heterocycles. The van der Waals surface area contributed by atoms with Gasteiger partial charge in [0.1, 0.15) is 20.2 Å². The van der Waals surface area contributed by atoms with Crippen molar-refractivity contribution in [2.24, 2.45) is 11.5 Å². The number of benzene rings is 2. The van der Waals surface area contributed by atoms with Crippen LogP contribution in [0.15, 0.2) is 58.3 Å². The summed E-state index contributed by atoms with van der Waals surface area (Å²) in [6.07, 6.45) is 0. The van der Waals surface area contributed by atoms with Crippen LogP contribution in [-0.4, -0.2) is 31.4 Å². The molecular formula is C14H14N2Na2O7S2. The molecule has 0 spiro atoms. The van der Waals surface area contributed by atoms with E-state index in [4.69, 9.17) is 11.5 Å². The molecule has 0 unspecified atom stereocenters. The molecule has 2 rings (SSSR count). The molecule has 0 aliphatic carbocycles. The van der Waals surface area contributed by atoms with E-state index in [-0.39, 0.29) is 76.0 Å². The first-order valence-electron chi connectivity index (χ1n) is 6.39. The summed E-state index contributed by atoms with van der Waals surface area (Å²) in [5, 5.41) is 0. The van der Waals surface area contributed by atoms with Crippen molar-refractivity contribution in [2.45, 2.75) is 9.79 Å². The van der Waals surface area contributed by atoms with Crippen LogP contribution in [0.4, 0.5) is 0 Å². The summed E-state index contributed by atoms with van der Waals surface area (Å²) in [6, 6.07) is 11.1. The molecule has 2 aromatic rings. The van der Waals surface area contributed by atoms with Gasteiger partial charge in [-0.25, -0.2) is 16.8 Å². The Bertz CT molecular complexity index is 1020. The summed E-state index contributed by atoms with van der Waals surface area (Å²) < 4.78 is 68.3. The van der Waals surface area contributed by atoms with Gasteiger partial charge in [0.05, 0.1) is 21.2 Å². The Morgan fingerprint density at radius 2 is 1.26 bits per heavy atom. The minimum atomic E-state index is -5.31. The molecule has 0 amide bonds. The molecule has 0 aliphatic heterocycles. The third-order valence-electron chi connectivity index (χ3n) is 3.16. The Kier molecular flexibility index (Phi) is 11.6. The quantitative estimate of drug-likeness (QED) is 0.270. The topological polar surface area (TPSA) is 198 Å². The molecule has 136 valence electrons. The average Bonchev–Trinajstić information content (AvgIpc) is 2.52. The van der Waals surface area contributed by atoms with Crippen molar-refractivity contribution in [3.05, 3.63) is 59.7 Å². The van der Waals surface area contributed by atoms with Gasteiger partial charge >= 0.3 is 59.1 Å². The van der Waals surface area contributed by atoms with Gasteiger partial charge in [-0.2, -0.15) is 0 Å². The molecule has 0 heterocycles. The number of hydrogen-bond donors (Lipinski definition) is 2. The molecule has 0 aromatic heterocycles. The van der Waals surface area contributed by atoms with Crippen molar-refractivity contribution < 1.29 is 90.5 Å². The Hall–Kier alpha value is -0.440. The van der Waals surface area contributed by atoms with Crippen molar-refractivity contribution in [1.29, 1.82) is 0 Å². The van der Waals surface area contributed by atoms with Crippen LogP contribution in [0.5, 0.6) is 0 Å². The van der Waals surface area contributed by atoms with Gasteiger partial charge in [-0.05, 0) is 11.6 Å². The van der Waals surface area contributed by atoms with Crippen molar-refractivity contribution in [1.82, 2.24) is 0 Å². The first-order valence-corrected chi connectivity index (χ1v) is 9.21. The van der Waals surface area contributed by atoms with Crippen LogP contribution in [0, 0.1) is 0 Å². The van der Waals surface area contributed by atoms with Crippen molar-refractivity contribution in [2.75, 3.05) is 0 Å². The van der Waals surface area contributed by atoms with Crippen molar-refractivity contribution in [3.8, 4) is 0 Å². The van der Waals surface area contributed by atoms with E-state index in [1.807, 2.05) is 0 Å².